The van der Waals surface area contributed by atoms with E-state index in [1.807, 2.05) is 30.3 Å². The minimum atomic E-state index is 0.0987. The van der Waals surface area contributed by atoms with E-state index >= 15 is 0 Å². The molecule has 0 fully saturated rings. The number of rotatable bonds is 4. The maximum absolute atomic E-state index is 6.21. The minimum absolute atomic E-state index is 0.0987. The van der Waals surface area contributed by atoms with Crippen LogP contribution in [0.3, 0.4) is 0 Å². The van der Waals surface area contributed by atoms with E-state index in [9.17, 15) is 0 Å². The lowest BCUT2D eigenvalue weighted by atomic mass is 10.1. The van der Waals surface area contributed by atoms with E-state index in [0.717, 1.165) is 22.6 Å². The van der Waals surface area contributed by atoms with Crippen LogP contribution in [0.15, 0.2) is 36.4 Å². The highest BCUT2D eigenvalue weighted by Gasteiger charge is 2.14. The molecule has 1 unspecified atom stereocenters. The van der Waals surface area contributed by atoms with Crippen molar-refractivity contribution in [1.82, 2.24) is 5.32 Å². The van der Waals surface area contributed by atoms with Gasteiger partial charge < -0.3 is 14.8 Å². The number of benzene rings is 2. The summed E-state index contributed by atoms with van der Waals surface area (Å²) >= 11 is 12.2. The van der Waals surface area contributed by atoms with Crippen molar-refractivity contribution in [2.75, 3.05) is 6.79 Å². The molecule has 110 valence electrons. The third-order valence-electron chi connectivity index (χ3n) is 3.47. The monoisotopic (exact) mass is 323 g/mol. The van der Waals surface area contributed by atoms with Crippen LogP contribution in [0.25, 0.3) is 0 Å². The molecule has 2 aromatic carbocycles. The number of ether oxygens (including phenoxy) is 2. The molecule has 0 aliphatic carbocycles. The largest absolute Gasteiger partial charge is 0.454 e. The van der Waals surface area contributed by atoms with E-state index in [1.165, 1.54) is 0 Å². The molecule has 1 heterocycles. The van der Waals surface area contributed by atoms with E-state index in [4.69, 9.17) is 32.7 Å². The third-order valence-corrected chi connectivity index (χ3v) is 4.05. The standard InChI is InChI=1S/C16H15Cl2NO2/c1-10(13-7-12(17)3-4-14(13)18)19-8-11-2-5-15-16(6-11)21-9-20-15/h2-7,10,19H,8-9H2,1H3. The molecule has 0 saturated heterocycles. The molecule has 0 spiro atoms. The van der Waals surface area contributed by atoms with Crippen molar-refractivity contribution in [3.8, 4) is 11.5 Å². The number of hydrogen-bond donors (Lipinski definition) is 1. The first kappa shape index (κ1) is 14.5. The molecule has 0 radical (unpaired) electrons. The highest BCUT2D eigenvalue weighted by atomic mass is 35.5. The molecule has 0 bridgehead atoms. The molecule has 2 aromatic rings. The van der Waals surface area contributed by atoms with Gasteiger partial charge in [0.25, 0.3) is 0 Å². The topological polar surface area (TPSA) is 30.5 Å². The van der Waals surface area contributed by atoms with E-state index in [2.05, 4.69) is 12.2 Å². The predicted octanol–water partition coefficient (Wildman–Crippen LogP) is 4.57. The van der Waals surface area contributed by atoms with Crippen molar-refractivity contribution >= 4 is 23.2 Å². The molecular formula is C16H15Cl2NO2. The van der Waals surface area contributed by atoms with Crippen LogP contribution in [-0.2, 0) is 6.54 Å². The quantitative estimate of drug-likeness (QED) is 0.893. The molecule has 5 heteroatoms. The molecule has 1 atom stereocenters. The zero-order chi connectivity index (χ0) is 14.8. The fourth-order valence-electron chi connectivity index (χ4n) is 2.28. The molecule has 3 rings (SSSR count). The van der Waals surface area contributed by atoms with E-state index in [0.29, 0.717) is 23.4 Å². The van der Waals surface area contributed by atoms with Gasteiger partial charge in [-0.05, 0) is 48.4 Å². The van der Waals surface area contributed by atoms with Crippen LogP contribution in [-0.4, -0.2) is 6.79 Å². The Balaban J connectivity index is 1.68. The summed E-state index contributed by atoms with van der Waals surface area (Å²) in [5.41, 5.74) is 2.12. The molecule has 1 aliphatic heterocycles. The Bertz CT molecular complexity index is 661. The second-order valence-electron chi connectivity index (χ2n) is 4.96. The first-order valence-electron chi connectivity index (χ1n) is 6.70. The molecule has 0 amide bonds. The fourth-order valence-corrected chi connectivity index (χ4v) is 2.74. The maximum Gasteiger partial charge on any atom is 0.231 e. The van der Waals surface area contributed by atoms with Crippen molar-refractivity contribution in [2.45, 2.75) is 19.5 Å². The predicted molar refractivity (Wildman–Crippen MR) is 84.3 cm³/mol. The van der Waals surface area contributed by atoms with E-state index in [-0.39, 0.29) is 6.04 Å². The van der Waals surface area contributed by atoms with Gasteiger partial charge in [-0.3, -0.25) is 0 Å². The van der Waals surface area contributed by atoms with Crippen LogP contribution in [0.2, 0.25) is 10.0 Å². The fraction of sp³-hybridized carbons (Fsp3) is 0.250. The Morgan fingerprint density at radius 3 is 2.76 bits per heavy atom. The van der Waals surface area contributed by atoms with Crippen LogP contribution in [0.1, 0.15) is 24.1 Å². The number of halogens is 2. The van der Waals surface area contributed by atoms with Gasteiger partial charge in [-0.2, -0.15) is 0 Å². The minimum Gasteiger partial charge on any atom is -0.454 e. The van der Waals surface area contributed by atoms with Gasteiger partial charge in [0.1, 0.15) is 0 Å². The zero-order valence-corrected chi connectivity index (χ0v) is 13.0. The first-order chi connectivity index (χ1) is 10.1. The summed E-state index contributed by atoms with van der Waals surface area (Å²) in [5, 5.41) is 4.83. The summed E-state index contributed by atoms with van der Waals surface area (Å²) in [6.07, 6.45) is 0. The normalized spacial score (nSPS) is 14.2. The Hall–Kier alpha value is -1.42. The highest BCUT2D eigenvalue weighted by Crippen LogP contribution is 2.33. The van der Waals surface area contributed by atoms with Gasteiger partial charge in [0.05, 0.1) is 0 Å². The number of nitrogens with one attached hydrogen (secondary N) is 1. The number of fused-ring (bicyclic) bond motifs is 1. The number of hydrogen-bond acceptors (Lipinski definition) is 3. The van der Waals surface area contributed by atoms with Crippen molar-refractivity contribution < 1.29 is 9.47 Å². The second-order valence-corrected chi connectivity index (χ2v) is 5.80. The van der Waals surface area contributed by atoms with Gasteiger partial charge >= 0.3 is 0 Å². The lowest BCUT2D eigenvalue weighted by Gasteiger charge is -2.16. The summed E-state index contributed by atoms with van der Waals surface area (Å²) < 4.78 is 10.7. The van der Waals surface area contributed by atoms with Gasteiger partial charge in [-0.1, -0.05) is 29.3 Å². The average Bonchev–Trinajstić information content (AvgIpc) is 2.94. The molecular weight excluding hydrogens is 309 g/mol. The van der Waals surface area contributed by atoms with Crippen molar-refractivity contribution in [3.63, 3.8) is 0 Å². The summed E-state index contributed by atoms with van der Waals surface area (Å²) in [6.45, 7) is 3.06. The van der Waals surface area contributed by atoms with Gasteiger partial charge in [0.15, 0.2) is 11.5 Å². The van der Waals surface area contributed by atoms with Crippen LogP contribution in [0.4, 0.5) is 0 Å². The van der Waals surface area contributed by atoms with Gasteiger partial charge in [0, 0.05) is 22.6 Å². The van der Waals surface area contributed by atoms with Crippen molar-refractivity contribution in [2.24, 2.45) is 0 Å². The summed E-state index contributed by atoms with van der Waals surface area (Å²) in [6, 6.07) is 11.5. The Morgan fingerprint density at radius 1 is 1.10 bits per heavy atom. The third kappa shape index (κ3) is 3.26. The molecule has 1 N–H and O–H groups in total. The van der Waals surface area contributed by atoms with Crippen molar-refractivity contribution in [1.29, 1.82) is 0 Å². The van der Waals surface area contributed by atoms with E-state index in [1.54, 1.807) is 6.07 Å². The summed E-state index contributed by atoms with van der Waals surface area (Å²) in [5.74, 6) is 1.59. The van der Waals surface area contributed by atoms with Crippen LogP contribution in [0, 0.1) is 0 Å². The lowest BCUT2D eigenvalue weighted by Crippen LogP contribution is -2.18. The highest BCUT2D eigenvalue weighted by molar-refractivity contribution is 6.33. The SMILES string of the molecule is CC(NCc1ccc2c(c1)OCO2)c1cc(Cl)ccc1Cl. The maximum atomic E-state index is 6.21. The molecule has 1 aliphatic rings. The summed E-state index contributed by atoms with van der Waals surface area (Å²) in [4.78, 5) is 0. The molecule has 0 saturated carbocycles. The Kier molecular flexibility index (Phi) is 4.24. The Morgan fingerprint density at radius 2 is 1.90 bits per heavy atom. The Labute approximate surface area is 133 Å². The smallest absolute Gasteiger partial charge is 0.231 e. The van der Waals surface area contributed by atoms with E-state index < -0.39 is 0 Å². The molecule has 0 aromatic heterocycles. The molecule has 3 nitrogen and oxygen atoms in total. The second kappa shape index (κ2) is 6.14. The average molecular weight is 324 g/mol. The summed E-state index contributed by atoms with van der Waals surface area (Å²) in [7, 11) is 0. The van der Waals surface area contributed by atoms with Gasteiger partial charge in [-0.25, -0.2) is 0 Å². The molecule has 21 heavy (non-hydrogen) atoms. The van der Waals surface area contributed by atoms with Gasteiger partial charge in [0.2, 0.25) is 6.79 Å². The lowest BCUT2D eigenvalue weighted by molar-refractivity contribution is 0.174. The van der Waals surface area contributed by atoms with Crippen molar-refractivity contribution in [3.05, 3.63) is 57.6 Å². The van der Waals surface area contributed by atoms with Crippen LogP contribution < -0.4 is 14.8 Å². The zero-order valence-electron chi connectivity index (χ0n) is 11.5. The van der Waals surface area contributed by atoms with Crippen LogP contribution >= 0.6 is 23.2 Å². The first-order valence-corrected chi connectivity index (χ1v) is 7.46. The van der Waals surface area contributed by atoms with Gasteiger partial charge in [-0.15, -0.1) is 0 Å². The van der Waals surface area contributed by atoms with Crippen LogP contribution in [0.5, 0.6) is 11.5 Å².